The molecule has 0 aliphatic rings. The third-order valence-electron chi connectivity index (χ3n) is 3.46. The number of carbonyl (C=O) groups excluding carboxylic acids is 2. The molecule has 26 heavy (non-hydrogen) atoms. The van der Waals surface area contributed by atoms with E-state index in [-0.39, 0.29) is 17.2 Å². The molecular weight excluding hydrogens is 428 g/mol. The first-order valence-electron chi connectivity index (χ1n) is 7.66. The van der Waals surface area contributed by atoms with E-state index in [1.807, 2.05) is 6.92 Å². The standard InChI is InChI=1S/C18H16BrF2NO3S/c1-3-15(18(24)25-2)26-16-9-14(13(21)8-12(16)19)22-17(23)10-5-4-6-11(20)7-10/h4-9,15H,3H2,1-2H3,(H,22,23). The van der Waals surface area contributed by atoms with E-state index in [1.165, 1.54) is 49.2 Å². The zero-order valence-electron chi connectivity index (χ0n) is 14.0. The number of amides is 1. The normalized spacial score (nSPS) is 11.7. The fourth-order valence-electron chi connectivity index (χ4n) is 2.12. The Hall–Kier alpha value is -1.93. The van der Waals surface area contributed by atoms with E-state index >= 15 is 0 Å². The Labute approximate surface area is 162 Å². The summed E-state index contributed by atoms with van der Waals surface area (Å²) in [7, 11) is 1.30. The van der Waals surface area contributed by atoms with Crippen LogP contribution in [0.5, 0.6) is 0 Å². The number of benzene rings is 2. The fourth-order valence-corrected chi connectivity index (χ4v) is 3.74. The van der Waals surface area contributed by atoms with Crippen molar-refractivity contribution in [1.82, 2.24) is 0 Å². The molecule has 2 aromatic rings. The van der Waals surface area contributed by atoms with Crippen molar-refractivity contribution in [2.24, 2.45) is 0 Å². The van der Waals surface area contributed by atoms with Crippen molar-refractivity contribution in [3.8, 4) is 0 Å². The lowest BCUT2D eigenvalue weighted by molar-refractivity contribution is -0.140. The maximum atomic E-state index is 14.2. The van der Waals surface area contributed by atoms with Crippen LogP contribution in [0.4, 0.5) is 14.5 Å². The maximum absolute atomic E-state index is 14.2. The molecule has 0 heterocycles. The molecule has 0 spiro atoms. The third kappa shape index (κ3) is 5.04. The van der Waals surface area contributed by atoms with Gasteiger partial charge in [0.2, 0.25) is 0 Å². The Kier molecular flexibility index (Phi) is 7.16. The third-order valence-corrected chi connectivity index (χ3v) is 5.78. The van der Waals surface area contributed by atoms with Gasteiger partial charge in [-0.15, -0.1) is 11.8 Å². The summed E-state index contributed by atoms with van der Waals surface area (Å²) >= 11 is 4.45. The monoisotopic (exact) mass is 443 g/mol. The quantitative estimate of drug-likeness (QED) is 0.502. The van der Waals surface area contributed by atoms with Crippen molar-refractivity contribution < 1.29 is 23.1 Å². The fraction of sp³-hybridized carbons (Fsp3) is 0.222. The van der Waals surface area contributed by atoms with Gasteiger partial charge in [-0.2, -0.15) is 0 Å². The first kappa shape index (κ1) is 20.4. The number of rotatable bonds is 6. The summed E-state index contributed by atoms with van der Waals surface area (Å²) in [6, 6.07) is 7.72. The summed E-state index contributed by atoms with van der Waals surface area (Å²) in [6.07, 6.45) is 0.520. The van der Waals surface area contributed by atoms with Gasteiger partial charge in [0.25, 0.3) is 5.91 Å². The second-order valence-electron chi connectivity index (χ2n) is 5.26. The molecule has 0 aliphatic carbocycles. The van der Waals surface area contributed by atoms with E-state index in [1.54, 1.807) is 0 Å². The van der Waals surface area contributed by atoms with Gasteiger partial charge < -0.3 is 10.1 Å². The number of halogens is 3. The number of carbonyl (C=O) groups is 2. The Morgan fingerprint density at radius 2 is 2.00 bits per heavy atom. The first-order chi connectivity index (χ1) is 12.3. The largest absolute Gasteiger partial charge is 0.468 e. The molecule has 0 saturated heterocycles. The van der Waals surface area contributed by atoms with Crippen molar-refractivity contribution in [2.75, 3.05) is 12.4 Å². The van der Waals surface area contributed by atoms with Gasteiger partial charge in [-0.25, -0.2) is 8.78 Å². The lowest BCUT2D eigenvalue weighted by atomic mass is 10.2. The SMILES string of the molecule is CCC(Sc1cc(NC(=O)c2cccc(F)c2)c(F)cc1Br)C(=O)OC. The topological polar surface area (TPSA) is 55.4 Å². The van der Waals surface area contributed by atoms with Gasteiger partial charge in [0.05, 0.1) is 12.8 Å². The number of nitrogens with one attached hydrogen (secondary N) is 1. The van der Waals surface area contributed by atoms with E-state index in [0.29, 0.717) is 15.8 Å². The minimum Gasteiger partial charge on any atom is -0.468 e. The molecule has 1 amide bonds. The summed E-state index contributed by atoms with van der Waals surface area (Å²) in [6.45, 7) is 1.83. The van der Waals surface area contributed by atoms with Crippen LogP contribution in [0.1, 0.15) is 23.7 Å². The summed E-state index contributed by atoms with van der Waals surface area (Å²) in [5.41, 5.74) is 0.00666. The van der Waals surface area contributed by atoms with Crippen LogP contribution in [0.15, 0.2) is 45.8 Å². The molecule has 0 aromatic heterocycles. The van der Waals surface area contributed by atoms with Gasteiger partial charge in [-0.3, -0.25) is 9.59 Å². The van der Waals surface area contributed by atoms with Crippen LogP contribution in [0.3, 0.4) is 0 Å². The highest BCUT2D eigenvalue weighted by molar-refractivity contribution is 9.10. The highest BCUT2D eigenvalue weighted by atomic mass is 79.9. The van der Waals surface area contributed by atoms with Gasteiger partial charge in [0.1, 0.15) is 16.9 Å². The van der Waals surface area contributed by atoms with Crippen molar-refractivity contribution in [3.05, 3.63) is 58.1 Å². The zero-order chi connectivity index (χ0) is 19.3. The number of thioether (sulfide) groups is 1. The molecule has 4 nitrogen and oxygen atoms in total. The van der Waals surface area contributed by atoms with Crippen LogP contribution in [0.2, 0.25) is 0 Å². The lowest BCUT2D eigenvalue weighted by Gasteiger charge is -2.15. The predicted molar refractivity (Wildman–Crippen MR) is 100 cm³/mol. The molecule has 2 aromatic carbocycles. The van der Waals surface area contributed by atoms with Crippen LogP contribution in [-0.2, 0) is 9.53 Å². The van der Waals surface area contributed by atoms with Crippen molar-refractivity contribution in [2.45, 2.75) is 23.5 Å². The Bertz CT molecular complexity index is 832. The number of hydrogen-bond acceptors (Lipinski definition) is 4. The molecule has 1 atom stereocenters. The average molecular weight is 444 g/mol. The summed E-state index contributed by atoms with van der Waals surface area (Å²) in [5, 5.41) is 1.96. The highest BCUT2D eigenvalue weighted by Crippen LogP contribution is 2.36. The molecule has 1 unspecified atom stereocenters. The van der Waals surface area contributed by atoms with Gasteiger partial charge in [-0.1, -0.05) is 13.0 Å². The number of hydrogen-bond donors (Lipinski definition) is 1. The molecule has 0 radical (unpaired) electrons. The van der Waals surface area contributed by atoms with Gasteiger partial charge >= 0.3 is 5.97 Å². The molecule has 1 N–H and O–H groups in total. The zero-order valence-corrected chi connectivity index (χ0v) is 16.4. The van der Waals surface area contributed by atoms with Crippen LogP contribution < -0.4 is 5.32 Å². The molecule has 0 aliphatic heterocycles. The van der Waals surface area contributed by atoms with Gasteiger partial charge in [0, 0.05) is 14.9 Å². The van der Waals surface area contributed by atoms with E-state index in [0.717, 1.165) is 6.07 Å². The van der Waals surface area contributed by atoms with Crippen molar-refractivity contribution >= 4 is 45.3 Å². The second kappa shape index (κ2) is 9.14. The van der Waals surface area contributed by atoms with Gasteiger partial charge in [-0.05, 0) is 52.7 Å². The predicted octanol–water partition coefficient (Wildman–Crippen LogP) is 5.02. The highest BCUT2D eigenvalue weighted by Gasteiger charge is 2.21. The van der Waals surface area contributed by atoms with Crippen molar-refractivity contribution in [3.63, 3.8) is 0 Å². The number of ether oxygens (including phenoxy) is 1. The van der Waals surface area contributed by atoms with Gasteiger partial charge in [0.15, 0.2) is 0 Å². The van der Waals surface area contributed by atoms with Crippen molar-refractivity contribution in [1.29, 1.82) is 0 Å². The number of esters is 1. The molecule has 0 fully saturated rings. The minimum absolute atomic E-state index is 0.0651. The molecule has 8 heteroatoms. The molecule has 138 valence electrons. The second-order valence-corrected chi connectivity index (χ2v) is 7.36. The van der Waals surface area contributed by atoms with Crippen LogP contribution in [0, 0.1) is 11.6 Å². The summed E-state index contributed by atoms with van der Waals surface area (Å²) < 4.78 is 32.7. The van der Waals surface area contributed by atoms with Crippen LogP contribution in [0.25, 0.3) is 0 Å². The van der Waals surface area contributed by atoms with E-state index < -0.39 is 22.8 Å². The Morgan fingerprint density at radius 3 is 2.62 bits per heavy atom. The Balaban J connectivity index is 2.26. The van der Waals surface area contributed by atoms with E-state index in [2.05, 4.69) is 21.2 Å². The van der Waals surface area contributed by atoms with Crippen LogP contribution in [-0.4, -0.2) is 24.2 Å². The smallest absolute Gasteiger partial charge is 0.319 e. The maximum Gasteiger partial charge on any atom is 0.319 e. The number of methoxy groups -OCH3 is 1. The molecule has 2 rings (SSSR count). The summed E-state index contributed by atoms with van der Waals surface area (Å²) in [4.78, 5) is 24.5. The number of anilines is 1. The van der Waals surface area contributed by atoms with E-state index in [9.17, 15) is 18.4 Å². The molecule has 0 bridgehead atoms. The Morgan fingerprint density at radius 1 is 1.27 bits per heavy atom. The van der Waals surface area contributed by atoms with Crippen LogP contribution >= 0.6 is 27.7 Å². The summed E-state index contributed by atoms with van der Waals surface area (Å²) in [5.74, 6) is -2.24. The van der Waals surface area contributed by atoms with E-state index in [4.69, 9.17) is 4.74 Å². The minimum atomic E-state index is -0.655. The molecular formula is C18H16BrF2NO3S. The molecule has 0 saturated carbocycles. The lowest BCUT2D eigenvalue weighted by Crippen LogP contribution is -2.18. The average Bonchev–Trinajstić information content (AvgIpc) is 2.62. The first-order valence-corrected chi connectivity index (χ1v) is 9.33.